The van der Waals surface area contributed by atoms with Crippen LogP contribution in [0.3, 0.4) is 0 Å². The van der Waals surface area contributed by atoms with Gasteiger partial charge in [-0.05, 0) is 36.6 Å². The lowest BCUT2D eigenvalue weighted by Gasteiger charge is -2.19. The van der Waals surface area contributed by atoms with Crippen molar-refractivity contribution in [3.8, 4) is 0 Å². The highest BCUT2D eigenvalue weighted by Gasteiger charge is 2.23. The Labute approximate surface area is 153 Å². The number of amides is 2. The van der Waals surface area contributed by atoms with Gasteiger partial charge in [0.2, 0.25) is 0 Å². The number of hydrogen-bond donors (Lipinski definition) is 3. The predicted octanol–water partition coefficient (Wildman–Crippen LogP) is 2.56. The third kappa shape index (κ3) is 4.69. The maximum atomic E-state index is 13.3. The summed E-state index contributed by atoms with van der Waals surface area (Å²) in [6, 6.07) is 6.57. The number of anilines is 2. The molecular formula is C16H17ClF2N6O. The minimum absolute atomic E-state index is 0.212. The van der Waals surface area contributed by atoms with Gasteiger partial charge in [-0.3, -0.25) is 10.9 Å². The Kier molecular flexibility index (Phi) is 5.67. The van der Waals surface area contributed by atoms with E-state index in [4.69, 9.17) is 11.6 Å². The van der Waals surface area contributed by atoms with Gasteiger partial charge in [-0.2, -0.15) is 0 Å². The van der Waals surface area contributed by atoms with Crippen molar-refractivity contribution in [1.29, 1.82) is 0 Å². The number of halogens is 3. The van der Waals surface area contributed by atoms with Crippen LogP contribution >= 0.6 is 11.6 Å². The maximum Gasteiger partial charge on any atom is 0.333 e. The third-order valence-electron chi connectivity index (χ3n) is 4.04. The van der Waals surface area contributed by atoms with Gasteiger partial charge in [0.15, 0.2) is 22.6 Å². The fourth-order valence-corrected chi connectivity index (χ4v) is 2.80. The van der Waals surface area contributed by atoms with Crippen LogP contribution in [0.15, 0.2) is 30.3 Å². The molecule has 0 spiro atoms. The number of rotatable bonds is 5. The summed E-state index contributed by atoms with van der Waals surface area (Å²) in [5.74, 6) is -1.15. The zero-order valence-corrected chi connectivity index (χ0v) is 14.4. The summed E-state index contributed by atoms with van der Waals surface area (Å²) >= 11 is 5.62. The first kappa shape index (κ1) is 18.1. The van der Waals surface area contributed by atoms with Gasteiger partial charge in [0.25, 0.3) is 0 Å². The van der Waals surface area contributed by atoms with Crippen molar-refractivity contribution in [3.63, 3.8) is 0 Å². The number of carbonyl (C=O) groups excluding carboxylic acids is 1. The van der Waals surface area contributed by atoms with Crippen LogP contribution in [0.5, 0.6) is 0 Å². The lowest BCUT2D eigenvalue weighted by molar-refractivity contribution is 0.241. The Bertz CT molecular complexity index is 776. The molecule has 0 aliphatic carbocycles. The zero-order chi connectivity index (χ0) is 18.5. The van der Waals surface area contributed by atoms with E-state index < -0.39 is 17.7 Å². The Morgan fingerprint density at radius 3 is 2.81 bits per heavy atom. The van der Waals surface area contributed by atoms with Crippen molar-refractivity contribution in [1.82, 2.24) is 20.9 Å². The summed E-state index contributed by atoms with van der Waals surface area (Å²) in [7, 11) is 0. The highest BCUT2D eigenvalue weighted by atomic mass is 35.5. The van der Waals surface area contributed by atoms with E-state index in [0.717, 1.165) is 19.0 Å². The SMILES string of the molecule is O=C(NCC1CCN(c2ccc(F)c(F)c2)C1)NNc1ccc(Cl)nn1. The Morgan fingerprint density at radius 1 is 1.23 bits per heavy atom. The van der Waals surface area contributed by atoms with Gasteiger partial charge >= 0.3 is 6.03 Å². The van der Waals surface area contributed by atoms with Crippen LogP contribution in [0.4, 0.5) is 25.1 Å². The minimum atomic E-state index is -0.861. The molecule has 2 amide bonds. The van der Waals surface area contributed by atoms with E-state index in [2.05, 4.69) is 26.4 Å². The number of carbonyl (C=O) groups is 1. The van der Waals surface area contributed by atoms with Gasteiger partial charge in [0.05, 0.1) is 0 Å². The number of nitrogens with zero attached hydrogens (tertiary/aromatic N) is 3. The van der Waals surface area contributed by atoms with E-state index in [0.29, 0.717) is 24.6 Å². The van der Waals surface area contributed by atoms with E-state index in [1.54, 1.807) is 18.2 Å². The molecule has 26 heavy (non-hydrogen) atoms. The number of hydrogen-bond acceptors (Lipinski definition) is 5. The summed E-state index contributed by atoms with van der Waals surface area (Å²) in [5.41, 5.74) is 5.70. The number of nitrogens with one attached hydrogen (secondary N) is 3. The smallest absolute Gasteiger partial charge is 0.333 e. The van der Waals surface area contributed by atoms with Crippen LogP contribution in [-0.4, -0.2) is 35.9 Å². The van der Waals surface area contributed by atoms with Crippen LogP contribution in [-0.2, 0) is 0 Å². The lowest BCUT2D eigenvalue weighted by atomic mass is 10.1. The lowest BCUT2D eigenvalue weighted by Crippen LogP contribution is -2.41. The zero-order valence-electron chi connectivity index (χ0n) is 13.7. The minimum Gasteiger partial charge on any atom is -0.371 e. The third-order valence-corrected chi connectivity index (χ3v) is 4.24. The summed E-state index contributed by atoms with van der Waals surface area (Å²) in [6.45, 7) is 1.83. The molecule has 2 aromatic rings. The molecular weight excluding hydrogens is 366 g/mol. The van der Waals surface area contributed by atoms with Crippen molar-refractivity contribution in [3.05, 3.63) is 47.1 Å². The second kappa shape index (κ2) is 8.13. The molecule has 0 saturated carbocycles. The summed E-state index contributed by atoms with van der Waals surface area (Å²) in [4.78, 5) is 13.8. The molecule has 1 unspecified atom stereocenters. The van der Waals surface area contributed by atoms with Crippen molar-refractivity contribution < 1.29 is 13.6 Å². The molecule has 3 rings (SSSR count). The molecule has 138 valence electrons. The number of hydrazine groups is 1. The number of benzene rings is 1. The first-order valence-corrected chi connectivity index (χ1v) is 8.38. The largest absolute Gasteiger partial charge is 0.371 e. The molecule has 1 aliphatic heterocycles. The fraction of sp³-hybridized carbons (Fsp3) is 0.312. The van der Waals surface area contributed by atoms with Crippen molar-refractivity contribution in [2.75, 3.05) is 30.0 Å². The Hall–Kier alpha value is -2.68. The molecule has 1 aromatic carbocycles. The van der Waals surface area contributed by atoms with Gasteiger partial charge in [0.1, 0.15) is 0 Å². The molecule has 1 saturated heterocycles. The number of urea groups is 1. The average molecular weight is 383 g/mol. The van der Waals surface area contributed by atoms with Crippen LogP contribution in [0, 0.1) is 17.6 Å². The first-order chi connectivity index (χ1) is 12.5. The molecule has 0 bridgehead atoms. The highest BCUT2D eigenvalue weighted by Crippen LogP contribution is 2.24. The standard InChI is InChI=1S/C16H17ClF2N6O/c17-14-3-4-15(22-21-14)23-24-16(26)20-8-10-5-6-25(9-10)11-1-2-12(18)13(19)7-11/h1-4,7,10H,5-6,8-9H2,(H,22,23)(H2,20,24,26). The van der Waals surface area contributed by atoms with Crippen molar-refractivity contribution >= 4 is 29.1 Å². The second-order valence-electron chi connectivity index (χ2n) is 5.90. The van der Waals surface area contributed by atoms with Crippen LogP contribution < -0.4 is 21.1 Å². The van der Waals surface area contributed by atoms with Crippen molar-refractivity contribution in [2.45, 2.75) is 6.42 Å². The Morgan fingerprint density at radius 2 is 2.08 bits per heavy atom. The van der Waals surface area contributed by atoms with Gasteiger partial charge in [-0.15, -0.1) is 10.2 Å². The van der Waals surface area contributed by atoms with Crippen LogP contribution in [0.2, 0.25) is 5.15 Å². The fourth-order valence-electron chi connectivity index (χ4n) is 2.70. The van der Waals surface area contributed by atoms with Gasteiger partial charge in [0, 0.05) is 31.4 Å². The van der Waals surface area contributed by atoms with Gasteiger partial charge in [-0.25, -0.2) is 13.6 Å². The normalized spacial score (nSPS) is 16.4. The molecule has 1 aromatic heterocycles. The van der Waals surface area contributed by atoms with E-state index in [-0.39, 0.29) is 11.1 Å². The predicted molar refractivity (Wildman–Crippen MR) is 93.9 cm³/mol. The van der Waals surface area contributed by atoms with Crippen molar-refractivity contribution in [2.24, 2.45) is 5.92 Å². The number of aromatic nitrogens is 2. The molecule has 1 aliphatic rings. The van der Waals surface area contributed by atoms with Crippen LogP contribution in [0.1, 0.15) is 6.42 Å². The van der Waals surface area contributed by atoms with E-state index >= 15 is 0 Å². The summed E-state index contributed by atoms with van der Waals surface area (Å²) < 4.78 is 26.4. The highest BCUT2D eigenvalue weighted by molar-refractivity contribution is 6.29. The summed E-state index contributed by atoms with van der Waals surface area (Å²) in [6.07, 6.45) is 0.843. The van der Waals surface area contributed by atoms with Gasteiger partial charge in [-0.1, -0.05) is 11.6 Å². The topological polar surface area (TPSA) is 82.2 Å². The van der Waals surface area contributed by atoms with E-state index in [1.165, 1.54) is 6.07 Å². The average Bonchev–Trinajstić information content (AvgIpc) is 3.11. The first-order valence-electron chi connectivity index (χ1n) is 8.00. The van der Waals surface area contributed by atoms with E-state index in [1.807, 2.05) is 4.90 Å². The quantitative estimate of drug-likeness (QED) is 0.692. The molecule has 10 heteroatoms. The molecule has 3 N–H and O–H groups in total. The maximum absolute atomic E-state index is 13.3. The van der Waals surface area contributed by atoms with Gasteiger partial charge < -0.3 is 10.2 Å². The summed E-state index contributed by atoms with van der Waals surface area (Å²) in [5, 5.41) is 10.4. The second-order valence-corrected chi connectivity index (χ2v) is 6.29. The van der Waals surface area contributed by atoms with E-state index in [9.17, 15) is 13.6 Å². The molecule has 2 heterocycles. The molecule has 1 fully saturated rings. The molecule has 0 radical (unpaired) electrons. The molecule has 7 nitrogen and oxygen atoms in total. The Balaban J connectivity index is 1.41. The molecule has 1 atom stereocenters. The monoisotopic (exact) mass is 382 g/mol. The van der Waals surface area contributed by atoms with Crippen LogP contribution in [0.25, 0.3) is 0 Å².